The number of sulfonamides is 1. The molecular weight excluding hydrogens is 350 g/mol. The van der Waals surface area contributed by atoms with Gasteiger partial charge < -0.3 is 5.32 Å². The van der Waals surface area contributed by atoms with E-state index in [0.717, 1.165) is 18.2 Å². The Bertz CT molecular complexity index is 927. The predicted octanol–water partition coefficient (Wildman–Crippen LogP) is 2.99. The van der Waals surface area contributed by atoms with Crippen LogP contribution in [-0.4, -0.2) is 20.9 Å². The number of hydrogen-bond acceptors (Lipinski definition) is 3. The van der Waals surface area contributed by atoms with Crippen LogP contribution < -0.4 is 10.0 Å². The molecule has 25 heavy (non-hydrogen) atoms. The molecule has 0 aliphatic heterocycles. The van der Waals surface area contributed by atoms with E-state index in [9.17, 15) is 22.0 Å². The van der Waals surface area contributed by atoms with Crippen molar-refractivity contribution in [2.45, 2.75) is 11.8 Å². The van der Waals surface area contributed by atoms with Crippen LogP contribution in [-0.2, 0) is 10.0 Å². The van der Waals surface area contributed by atoms with Crippen molar-refractivity contribution in [3.8, 4) is 0 Å². The summed E-state index contributed by atoms with van der Waals surface area (Å²) in [5.41, 5.74) is 0.494. The lowest BCUT2D eigenvalue weighted by Crippen LogP contribution is -2.25. The van der Waals surface area contributed by atoms with E-state index < -0.39 is 32.5 Å². The fraction of sp³-hybridized carbons (Fsp3) is 0.118. The summed E-state index contributed by atoms with van der Waals surface area (Å²) < 4.78 is 53.9. The molecule has 0 unspecified atom stereocenters. The maximum Gasteiger partial charge on any atom is 0.255 e. The molecule has 0 saturated carbocycles. The molecule has 2 aromatic carbocycles. The normalized spacial score (nSPS) is 11.2. The van der Waals surface area contributed by atoms with Gasteiger partial charge in [-0.2, -0.15) is 0 Å². The van der Waals surface area contributed by atoms with Crippen LogP contribution in [0.2, 0.25) is 0 Å². The molecule has 0 aromatic heterocycles. The van der Waals surface area contributed by atoms with Gasteiger partial charge >= 0.3 is 0 Å². The molecule has 0 saturated heterocycles. The average molecular weight is 366 g/mol. The molecule has 1 amide bonds. The molecule has 8 heteroatoms. The van der Waals surface area contributed by atoms with Crippen molar-refractivity contribution >= 4 is 21.6 Å². The lowest BCUT2D eigenvalue weighted by atomic mass is 10.2. The van der Waals surface area contributed by atoms with E-state index in [1.54, 1.807) is 13.0 Å². The number of aryl methyl sites for hydroxylation is 1. The number of halogens is 2. The zero-order valence-corrected chi connectivity index (χ0v) is 14.2. The second kappa shape index (κ2) is 7.54. The highest BCUT2D eigenvalue weighted by molar-refractivity contribution is 7.89. The van der Waals surface area contributed by atoms with Crippen LogP contribution in [0.4, 0.5) is 14.5 Å². The first-order chi connectivity index (χ1) is 11.7. The monoisotopic (exact) mass is 366 g/mol. The SMILES string of the molecule is C=CCNS(=O)(=O)c1cc(C(=O)Nc2ccc(C)cc2F)ccc1F. The summed E-state index contributed by atoms with van der Waals surface area (Å²) in [5.74, 6) is -2.39. The van der Waals surface area contributed by atoms with Crippen molar-refractivity contribution in [2.24, 2.45) is 0 Å². The standard InChI is InChI=1S/C17H16F2N2O3S/c1-3-8-20-25(23,24)16-10-12(5-6-13(16)18)17(22)21-15-7-4-11(2)9-14(15)19/h3-7,9-10,20H,1,8H2,2H3,(H,21,22). The predicted molar refractivity (Wildman–Crippen MR) is 90.9 cm³/mol. The van der Waals surface area contributed by atoms with Crippen molar-refractivity contribution in [2.75, 3.05) is 11.9 Å². The number of nitrogens with one attached hydrogen (secondary N) is 2. The molecule has 2 rings (SSSR count). The van der Waals surface area contributed by atoms with Gasteiger partial charge in [0.1, 0.15) is 16.5 Å². The first-order valence-corrected chi connectivity index (χ1v) is 8.70. The van der Waals surface area contributed by atoms with Crippen LogP contribution in [0.5, 0.6) is 0 Å². The number of carbonyl (C=O) groups excluding carboxylic acids is 1. The van der Waals surface area contributed by atoms with Crippen LogP contribution >= 0.6 is 0 Å². The first kappa shape index (κ1) is 18.8. The summed E-state index contributed by atoms with van der Waals surface area (Å²) in [6, 6.07) is 7.11. The van der Waals surface area contributed by atoms with Crippen LogP contribution in [0.3, 0.4) is 0 Å². The van der Waals surface area contributed by atoms with Gasteiger partial charge in [-0.15, -0.1) is 6.58 Å². The number of hydrogen-bond donors (Lipinski definition) is 2. The molecular formula is C17H16F2N2O3S. The van der Waals surface area contributed by atoms with Gasteiger partial charge in [-0.05, 0) is 42.8 Å². The molecule has 0 aliphatic rings. The van der Waals surface area contributed by atoms with E-state index in [0.29, 0.717) is 5.56 Å². The van der Waals surface area contributed by atoms with Crippen LogP contribution in [0, 0.1) is 18.6 Å². The Labute approximate surface area is 144 Å². The molecule has 5 nitrogen and oxygen atoms in total. The Hall–Kier alpha value is -2.58. The summed E-state index contributed by atoms with van der Waals surface area (Å²) in [5, 5.41) is 2.33. The highest BCUT2D eigenvalue weighted by atomic mass is 32.2. The topological polar surface area (TPSA) is 75.3 Å². The van der Waals surface area contributed by atoms with Crippen LogP contribution in [0.1, 0.15) is 15.9 Å². The summed E-state index contributed by atoms with van der Waals surface area (Å²) in [6.45, 7) is 4.97. The quantitative estimate of drug-likeness (QED) is 0.772. The summed E-state index contributed by atoms with van der Waals surface area (Å²) in [7, 11) is -4.15. The Balaban J connectivity index is 2.32. The molecule has 0 radical (unpaired) electrons. The zero-order valence-electron chi connectivity index (χ0n) is 13.3. The number of benzene rings is 2. The Morgan fingerprint density at radius 1 is 1.16 bits per heavy atom. The second-order valence-electron chi connectivity index (χ2n) is 5.22. The van der Waals surface area contributed by atoms with E-state index >= 15 is 0 Å². The molecule has 0 atom stereocenters. The average Bonchev–Trinajstić information content (AvgIpc) is 2.55. The molecule has 0 heterocycles. The van der Waals surface area contributed by atoms with E-state index in [1.807, 2.05) is 0 Å². The van der Waals surface area contributed by atoms with Gasteiger partial charge in [-0.1, -0.05) is 12.1 Å². The fourth-order valence-electron chi connectivity index (χ4n) is 2.01. The van der Waals surface area contributed by atoms with Crippen LogP contribution in [0.25, 0.3) is 0 Å². The maximum absolute atomic E-state index is 13.9. The maximum atomic E-state index is 13.9. The molecule has 2 aromatic rings. The minimum absolute atomic E-state index is 0.0610. The third-order valence-corrected chi connectivity index (χ3v) is 4.71. The van der Waals surface area contributed by atoms with Crippen molar-refractivity contribution in [1.82, 2.24) is 4.72 Å². The smallest absolute Gasteiger partial charge is 0.255 e. The van der Waals surface area contributed by atoms with Crippen molar-refractivity contribution in [1.29, 1.82) is 0 Å². The second-order valence-corrected chi connectivity index (χ2v) is 6.96. The zero-order chi connectivity index (χ0) is 18.6. The minimum Gasteiger partial charge on any atom is -0.319 e. The van der Waals surface area contributed by atoms with Crippen molar-refractivity contribution < 1.29 is 22.0 Å². The Morgan fingerprint density at radius 2 is 1.88 bits per heavy atom. The summed E-state index contributed by atoms with van der Waals surface area (Å²) in [6.07, 6.45) is 1.30. The van der Waals surface area contributed by atoms with Gasteiger partial charge in [0.15, 0.2) is 0 Å². The summed E-state index contributed by atoms with van der Waals surface area (Å²) in [4.78, 5) is 11.5. The first-order valence-electron chi connectivity index (χ1n) is 7.22. The largest absolute Gasteiger partial charge is 0.319 e. The number of anilines is 1. The number of carbonyl (C=O) groups is 1. The van der Waals surface area contributed by atoms with Gasteiger partial charge in [-0.3, -0.25) is 4.79 Å². The highest BCUT2D eigenvalue weighted by Crippen LogP contribution is 2.19. The Morgan fingerprint density at radius 3 is 2.52 bits per heavy atom. The molecule has 132 valence electrons. The van der Waals surface area contributed by atoms with Gasteiger partial charge in [0, 0.05) is 12.1 Å². The molecule has 0 fully saturated rings. The van der Waals surface area contributed by atoms with E-state index in [4.69, 9.17) is 0 Å². The summed E-state index contributed by atoms with van der Waals surface area (Å²) >= 11 is 0. The Kier molecular flexibility index (Phi) is 5.66. The molecule has 2 N–H and O–H groups in total. The van der Waals surface area contributed by atoms with Gasteiger partial charge in [0.05, 0.1) is 5.69 Å². The number of amides is 1. The third kappa shape index (κ3) is 4.49. The van der Waals surface area contributed by atoms with Crippen molar-refractivity contribution in [3.63, 3.8) is 0 Å². The van der Waals surface area contributed by atoms with E-state index in [2.05, 4.69) is 16.6 Å². The van der Waals surface area contributed by atoms with Gasteiger partial charge in [-0.25, -0.2) is 21.9 Å². The number of rotatable bonds is 6. The lowest BCUT2D eigenvalue weighted by molar-refractivity contribution is 0.102. The van der Waals surface area contributed by atoms with Crippen molar-refractivity contribution in [3.05, 3.63) is 71.8 Å². The van der Waals surface area contributed by atoms with Crippen LogP contribution in [0.15, 0.2) is 53.9 Å². The van der Waals surface area contributed by atoms with E-state index in [-0.39, 0.29) is 17.8 Å². The molecule has 0 aliphatic carbocycles. The van der Waals surface area contributed by atoms with Gasteiger partial charge in [0.25, 0.3) is 5.91 Å². The fourth-order valence-corrected chi connectivity index (χ4v) is 3.11. The molecule has 0 bridgehead atoms. The third-order valence-electron chi connectivity index (χ3n) is 3.27. The lowest BCUT2D eigenvalue weighted by Gasteiger charge is -2.10. The minimum atomic E-state index is -4.15. The van der Waals surface area contributed by atoms with Gasteiger partial charge in [0.2, 0.25) is 10.0 Å². The highest BCUT2D eigenvalue weighted by Gasteiger charge is 2.21. The van der Waals surface area contributed by atoms with E-state index in [1.165, 1.54) is 18.2 Å². The molecule has 0 spiro atoms.